The molecule has 0 amide bonds. The maximum atomic E-state index is 5.58. The summed E-state index contributed by atoms with van der Waals surface area (Å²) in [5.74, 6) is 0.753. The van der Waals surface area contributed by atoms with E-state index in [2.05, 4.69) is 44.3 Å². The summed E-state index contributed by atoms with van der Waals surface area (Å²) in [5, 5.41) is 0. The Kier molecular flexibility index (Phi) is 3.78. The molecule has 2 rings (SSSR count). The van der Waals surface area contributed by atoms with Gasteiger partial charge in [0.2, 0.25) is 0 Å². The van der Waals surface area contributed by atoms with Crippen LogP contribution in [0.1, 0.15) is 25.6 Å². The van der Waals surface area contributed by atoms with Crippen LogP contribution in [-0.4, -0.2) is 14.5 Å². The molecule has 0 spiro atoms. The molecule has 5 heteroatoms. The molecule has 0 aliphatic heterocycles. The summed E-state index contributed by atoms with van der Waals surface area (Å²) in [7, 11) is 0. The van der Waals surface area contributed by atoms with E-state index in [9.17, 15) is 0 Å². The van der Waals surface area contributed by atoms with Crippen molar-refractivity contribution < 1.29 is 4.74 Å². The molecule has 0 radical (unpaired) electrons. The standard InChI is InChI=1S/C12H14BrN3O/c1-9(2)16-7-10(15-12(16)13)8-17-11-4-3-5-14-6-11/h3-7,9H,8H2,1-2H3. The van der Waals surface area contributed by atoms with Gasteiger partial charge in [-0.15, -0.1) is 0 Å². The lowest BCUT2D eigenvalue weighted by Gasteiger charge is -2.06. The number of nitrogens with zero attached hydrogens (tertiary/aromatic N) is 3. The highest BCUT2D eigenvalue weighted by atomic mass is 79.9. The van der Waals surface area contributed by atoms with Gasteiger partial charge in [-0.3, -0.25) is 4.98 Å². The molecule has 2 heterocycles. The van der Waals surface area contributed by atoms with Crippen LogP contribution < -0.4 is 4.74 Å². The second kappa shape index (κ2) is 5.31. The predicted octanol–water partition coefficient (Wildman–Crippen LogP) is 3.20. The Labute approximate surface area is 109 Å². The van der Waals surface area contributed by atoms with Crippen molar-refractivity contribution in [1.82, 2.24) is 14.5 Å². The van der Waals surface area contributed by atoms with Crippen LogP contribution in [0.4, 0.5) is 0 Å². The zero-order chi connectivity index (χ0) is 12.3. The summed E-state index contributed by atoms with van der Waals surface area (Å²) >= 11 is 3.43. The largest absolute Gasteiger partial charge is 0.486 e. The van der Waals surface area contributed by atoms with E-state index in [1.165, 1.54) is 0 Å². The number of ether oxygens (including phenoxy) is 1. The number of imidazole rings is 1. The van der Waals surface area contributed by atoms with Crippen LogP contribution >= 0.6 is 15.9 Å². The third-order valence-corrected chi connectivity index (χ3v) is 2.90. The van der Waals surface area contributed by atoms with Crippen LogP contribution in [0, 0.1) is 0 Å². The molecule has 0 N–H and O–H groups in total. The molecule has 0 atom stereocenters. The average Bonchev–Trinajstić information content (AvgIpc) is 2.69. The molecule has 0 bridgehead atoms. The quantitative estimate of drug-likeness (QED) is 0.870. The zero-order valence-corrected chi connectivity index (χ0v) is 11.4. The fourth-order valence-electron chi connectivity index (χ4n) is 1.44. The van der Waals surface area contributed by atoms with E-state index in [-0.39, 0.29) is 0 Å². The fraction of sp³-hybridized carbons (Fsp3) is 0.333. The maximum absolute atomic E-state index is 5.58. The van der Waals surface area contributed by atoms with Gasteiger partial charge in [0, 0.05) is 18.4 Å². The third-order valence-electron chi connectivity index (χ3n) is 2.31. The van der Waals surface area contributed by atoms with Crippen LogP contribution in [-0.2, 0) is 6.61 Å². The van der Waals surface area contributed by atoms with E-state index in [1.54, 1.807) is 12.4 Å². The lowest BCUT2D eigenvalue weighted by Crippen LogP contribution is -1.99. The third kappa shape index (κ3) is 3.06. The van der Waals surface area contributed by atoms with Crippen LogP contribution in [0.25, 0.3) is 0 Å². The van der Waals surface area contributed by atoms with Crippen LogP contribution in [0.5, 0.6) is 5.75 Å². The fourth-order valence-corrected chi connectivity index (χ4v) is 2.18. The highest BCUT2D eigenvalue weighted by Gasteiger charge is 2.08. The number of halogens is 1. The normalized spacial score (nSPS) is 10.8. The Balaban J connectivity index is 2.02. The number of rotatable bonds is 4. The highest BCUT2D eigenvalue weighted by Crippen LogP contribution is 2.17. The molecule has 0 aromatic carbocycles. The number of hydrogen-bond acceptors (Lipinski definition) is 3. The SMILES string of the molecule is CC(C)n1cc(COc2cccnc2)nc1Br. The van der Waals surface area contributed by atoms with Gasteiger partial charge in [0.25, 0.3) is 0 Å². The van der Waals surface area contributed by atoms with Gasteiger partial charge in [0.15, 0.2) is 4.73 Å². The van der Waals surface area contributed by atoms with Crippen molar-refractivity contribution >= 4 is 15.9 Å². The first-order valence-electron chi connectivity index (χ1n) is 5.43. The van der Waals surface area contributed by atoms with Crippen molar-refractivity contribution in [2.75, 3.05) is 0 Å². The molecule has 0 fully saturated rings. The molecule has 17 heavy (non-hydrogen) atoms. The lowest BCUT2D eigenvalue weighted by molar-refractivity contribution is 0.300. The van der Waals surface area contributed by atoms with Gasteiger partial charge in [0.1, 0.15) is 12.4 Å². The Morgan fingerprint density at radius 2 is 2.29 bits per heavy atom. The summed E-state index contributed by atoms with van der Waals surface area (Å²) in [4.78, 5) is 8.37. The lowest BCUT2D eigenvalue weighted by atomic mass is 10.4. The summed E-state index contributed by atoms with van der Waals surface area (Å²) < 4.78 is 8.47. The van der Waals surface area contributed by atoms with E-state index in [0.717, 1.165) is 16.2 Å². The Bertz CT molecular complexity index is 482. The molecule has 0 saturated carbocycles. The van der Waals surface area contributed by atoms with Crippen LogP contribution in [0.2, 0.25) is 0 Å². The Hall–Kier alpha value is -1.36. The van der Waals surface area contributed by atoms with E-state index in [4.69, 9.17) is 4.74 Å². The first kappa shape index (κ1) is 12.1. The van der Waals surface area contributed by atoms with Crippen molar-refractivity contribution in [2.24, 2.45) is 0 Å². The Morgan fingerprint density at radius 1 is 1.47 bits per heavy atom. The molecule has 0 aliphatic carbocycles. The van der Waals surface area contributed by atoms with Crippen molar-refractivity contribution in [3.63, 3.8) is 0 Å². The van der Waals surface area contributed by atoms with Crippen molar-refractivity contribution in [3.05, 3.63) is 41.2 Å². The first-order valence-corrected chi connectivity index (χ1v) is 6.22. The number of aromatic nitrogens is 3. The van der Waals surface area contributed by atoms with E-state index in [1.807, 2.05) is 18.3 Å². The van der Waals surface area contributed by atoms with Crippen molar-refractivity contribution in [1.29, 1.82) is 0 Å². The molecule has 4 nitrogen and oxygen atoms in total. The van der Waals surface area contributed by atoms with Gasteiger partial charge < -0.3 is 9.30 Å². The molecule has 0 unspecified atom stereocenters. The summed E-state index contributed by atoms with van der Waals surface area (Å²) in [6.45, 7) is 4.67. The second-order valence-corrected chi connectivity index (χ2v) is 4.69. The van der Waals surface area contributed by atoms with E-state index < -0.39 is 0 Å². The molecule has 2 aromatic heterocycles. The summed E-state index contributed by atoms with van der Waals surface area (Å²) in [6.07, 6.45) is 5.40. The first-order chi connectivity index (χ1) is 8.16. The minimum atomic E-state index is 0.379. The van der Waals surface area contributed by atoms with Gasteiger partial charge in [0.05, 0.1) is 11.9 Å². The van der Waals surface area contributed by atoms with E-state index >= 15 is 0 Å². The van der Waals surface area contributed by atoms with Gasteiger partial charge in [-0.05, 0) is 41.9 Å². The summed E-state index contributed by atoms with van der Waals surface area (Å²) in [5.41, 5.74) is 0.898. The highest BCUT2D eigenvalue weighted by molar-refractivity contribution is 9.10. The molecule has 90 valence electrons. The molecular formula is C12H14BrN3O. The minimum absolute atomic E-state index is 0.379. The molecule has 0 saturated heterocycles. The van der Waals surface area contributed by atoms with Gasteiger partial charge in [-0.25, -0.2) is 4.98 Å². The smallest absolute Gasteiger partial charge is 0.177 e. The molecule has 2 aromatic rings. The van der Waals surface area contributed by atoms with Crippen molar-refractivity contribution in [2.45, 2.75) is 26.5 Å². The average molecular weight is 296 g/mol. The number of hydrogen-bond donors (Lipinski definition) is 0. The number of pyridine rings is 1. The molecular weight excluding hydrogens is 282 g/mol. The topological polar surface area (TPSA) is 39.9 Å². The monoisotopic (exact) mass is 295 g/mol. The van der Waals surface area contributed by atoms with E-state index in [0.29, 0.717) is 12.6 Å². The van der Waals surface area contributed by atoms with Crippen LogP contribution in [0.15, 0.2) is 35.5 Å². The predicted molar refractivity (Wildman–Crippen MR) is 68.9 cm³/mol. The molecule has 0 aliphatic rings. The van der Waals surface area contributed by atoms with Gasteiger partial charge in [-0.1, -0.05) is 0 Å². The maximum Gasteiger partial charge on any atom is 0.177 e. The minimum Gasteiger partial charge on any atom is -0.486 e. The Morgan fingerprint density at radius 3 is 2.88 bits per heavy atom. The zero-order valence-electron chi connectivity index (χ0n) is 9.80. The van der Waals surface area contributed by atoms with Crippen LogP contribution in [0.3, 0.4) is 0 Å². The van der Waals surface area contributed by atoms with Gasteiger partial charge in [-0.2, -0.15) is 0 Å². The van der Waals surface area contributed by atoms with Crippen molar-refractivity contribution in [3.8, 4) is 5.75 Å². The van der Waals surface area contributed by atoms with Gasteiger partial charge >= 0.3 is 0 Å². The second-order valence-electron chi connectivity index (χ2n) is 3.98. The summed E-state index contributed by atoms with van der Waals surface area (Å²) in [6, 6.07) is 4.10.